The molecule has 2 amide bonds. The van der Waals surface area contributed by atoms with Crippen molar-refractivity contribution in [3.05, 3.63) is 59.7 Å². The van der Waals surface area contributed by atoms with Crippen LogP contribution in [0.2, 0.25) is 0 Å². The van der Waals surface area contributed by atoms with Gasteiger partial charge in [-0.15, -0.1) is 0 Å². The molecule has 1 heterocycles. The number of nitrogens with one attached hydrogen (secondary N) is 1. The van der Waals surface area contributed by atoms with Gasteiger partial charge in [-0.05, 0) is 70.3 Å². The number of ether oxygens (including phenoxy) is 2. The minimum atomic E-state index is -1.29. The highest BCUT2D eigenvalue weighted by Crippen LogP contribution is 2.44. The van der Waals surface area contributed by atoms with Crippen molar-refractivity contribution in [3.8, 4) is 11.5 Å². The molecule has 2 aromatic rings. The van der Waals surface area contributed by atoms with E-state index in [1.807, 2.05) is 67.4 Å². The van der Waals surface area contributed by atoms with Crippen LogP contribution in [-0.4, -0.2) is 55.3 Å². The molecule has 1 aliphatic heterocycles. The van der Waals surface area contributed by atoms with E-state index in [0.29, 0.717) is 49.4 Å². The number of benzene rings is 2. The zero-order valence-corrected chi connectivity index (χ0v) is 21.4. The molecule has 2 atom stereocenters. The van der Waals surface area contributed by atoms with Crippen molar-refractivity contribution < 1.29 is 24.2 Å². The van der Waals surface area contributed by atoms with Crippen LogP contribution in [0.3, 0.4) is 0 Å². The summed E-state index contributed by atoms with van der Waals surface area (Å²) in [5.41, 5.74) is 5.50. The van der Waals surface area contributed by atoms with E-state index >= 15 is 0 Å². The van der Waals surface area contributed by atoms with Crippen molar-refractivity contribution in [3.63, 3.8) is 0 Å². The number of piperidine rings is 1. The smallest absolute Gasteiger partial charge is 0.404 e. The van der Waals surface area contributed by atoms with Gasteiger partial charge in [0.05, 0.1) is 12.2 Å². The highest BCUT2D eigenvalue weighted by molar-refractivity contribution is 5.76. The summed E-state index contributed by atoms with van der Waals surface area (Å²) in [6.07, 6.45) is 2.75. The normalized spacial score (nSPS) is 17.3. The third-order valence-electron chi connectivity index (χ3n) is 6.88. The molecule has 8 heteroatoms. The fourth-order valence-corrected chi connectivity index (χ4v) is 4.94. The quantitative estimate of drug-likeness (QED) is 0.381. The third-order valence-corrected chi connectivity index (χ3v) is 6.88. The van der Waals surface area contributed by atoms with E-state index in [0.717, 1.165) is 31.4 Å². The number of likely N-dealkylation sites (tertiary alicyclic amines) is 1. The van der Waals surface area contributed by atoms with Crippen LogP contribution in [0.4, 0.5) is 4.79 Å². The first-order valence-electron chi connectivity index (χ1n) is 12.7. The summed E-state index contributed by atoms with van der Waals surface area (Å²) in [5, 5.41) is 15.4. The molecule has 0 radical (unpaired) electrons. The number of hydrogen-bond acceptors (Lipinski definition) is 6. The Hall–Kier alpha value is -3.10. The van der Waals surface area contributed by atoms with Gasteiger partial charge in [0, 0.05) is 31.0 Å². The number of carbonyl (C=O) groups excluding carboxylic acids is 2. The summed E-state index contributed by atoms with van der Waals surface area (Å²) >= 11 is 0. The number of nitrogens with two attached hydrogens (primary N) is 1. The summed E-state index contributed by atoms with van der Waals surface area (Å²) in [5.74, 6) is 1.20. The van der Waals surface area contributed by atoms with E-state index in [-0.39, 0.29) is 18.4 Å². The molecule has 0 aliphatic carbocycles. The number of aliphatic hydroxyl groups is 1. The lowest BCUT2D eigenvalue weighted by atomic mass is 9.74. The van der Waals surface area contributed by atoms with Gasteiger partial charge < -0.3 is 30.5 Å². The molecule has 1 saturated heterocycles. The highest BCUT2D eigenvalue weighted by Gasteiger charge is 2.43. The molecular weight excluding hydrogens is 458 g/mol. The second-order valence-electron chi connectivity index (χ2n) is 9.45. The van der Waals surface area contributed by atoms with E-state index < -0.39 is 11.7 Å². The second-order valence-corrected chi connectivity index (χ2v) is 9.45. The van der Waals surface area contributed by atoms with E-state index in [1.54, 1.807) is 0 Å². The van der Waals surface area contributed by atoms with Crippen LogP contribution in [-0.2, 0) is 15.1 Å². The van der Waals surface area contributed by atoms with Gasteiger partial charge in [-0.1, -0.05) is 36.4 Å². The van der Waals surface area contributed by atoms with Crippen molar-refractivity contribution >= 4 is 12.0 Å². The molecule has 0 spiro atoms. The number of hydrogen-bond donors (Lipinski definition) is 3. The van der Waals surface area contributed by atoms with Crippen molar-refractivity contribution in [1.82, 2.24) is 10.2 Å². The number of amides is 2. The summed E-state index contributed by atoms with van der Waals surface area (Å²) < 4.78 is 11.3. The molecule has 2 aromatic carbocycles. The Balaban J connectivity index is 1.89. The summed E-state index contributed by atoms with van der Waals surface area (Å²) in [6, 6.07) is 15.2. The minimum absolute atomic E-state index is 0.109. The molecule has 196 valence electrons. The number of nitrogens with zero attached hydrogens (tertiary/aromatic N) is 1. The minimum Gasteiger partial charge on any atom is -0.457 e. The van der Waals surface area contributed by atoms with Gasteiger partial charge in [-0.2, -0.15) is 0 Å². The molecule has 0 unspecified atom stereocenters. The van der Waals surface area contributed by atoms with E-state index in [9.17, 15) is 14.7 Å². The van der Waals surface area contributed by atoms with E-state index in [2.05, 4.69) is 5.32 Å². The first-order chi connectivity index (χ1) is 17.3. The molecule has 4 N–H and O–H groups in total. The van der Waals surface area contributed by atoms with Crippen LogP contribution in [0.25, 0.3) is 0 Å². The SMILES string of the molecule is CNCCCC(=O)N1CCC[C@@H]([C@@](O)(CCCOC(N)=O)c2ccccc2Oc2ccccc2C)C1. The van der Waals surface area contributed by atoms with Crippen molar-refractivity contribution in [2.45, 2.75) is 51.0 Å². The van der Waals surface area contributed by atoms with Crippen LogP contribution in [0.1, 0.15) is 49.7 Å². The predicted molar refractivity (Wildman–Crippen MR) is 139 cm³/mol. The Kier molecular flexibility index (Phi) is 10.1. The van der Waals surface area contributed by atoms with Crippen molar-refractivity contribution in [1.29, 1.82) is 0 Å². The number of carbonyl (C=O) groups is 2. The number of rotatable bonds is 12. The molecule has 1 aliphatic rings. The average molecular weight is 498 g/mol. The van der Waals surface area contributed by atoms with Crippen LogP contribution in [0.5, 0.6) is 11.5 Å². The Morgan fingerprint density at radius 3 is 2.58 bits per heavy atom. The average Bonchev–Trinajstić information content (AvgIpc) is 2.88. The van der Waals surface area contributed by atoms with Gasteiger partial charge in [0.25, 0.3) is 0 Å². The van der Waals surface area contributed by atoms with E-state index in [4.69, 9.17) is 15.2 Å². The third kappa shape index (κ3) is 7.21. The maximum atomic E-state index is 12.9. The monoisotopic (exact) mass is 497 g/mol. The second kappa shape index (κ2) is 13.3. The zero-order valence-electron chi connectivity index (χ0n) is 21.4. The molecule has 8 nitrogen and oxygen atoms in total. The lowest BCUT2D eigenvalue weighted by Crippen LogP contribution is -2.48. The molecule has 0 saturated carbocycles. The maximum Gasteiger partial charge on any atom is 0.404 e. The summed E-state index contributed by atoms with van der Waals surface area (Å²) in [7, 11) is 1.87. The number of para-hydroxylation sites is 2. The Labute approximate surface area is 213 Å². The standard InChI is InChI=1S/C28H39N3O5/c1-21-10-3-5-13-24(21)36-25-14-6-4-12-23(25)28(34,16-9-19-35-27(29)33)22-11-8-18-31(20-22)26(32)15-7-17-30-2/h3-6,10,12-14,22,30,34H,7-9,11,15-20H2,1-2H3,(H2,29,33)/t22-,28+/m1/s1. The van der Waals surface area contributed by atoms with Gasteiger partial charge in [0.1, 0.15) is 11.5 Å². The van der Waals surface area contributed by atoms with Crippen LogP contribution < -0.4 is 15.8 Å². The molecule has 0 aromatic heterocycles. The van der Waals surface area contributed by atoms with Gasteiger partial charge in [-0.25, -0.2) is 4.79 Å². The highest BCUT2D eigenvalue weighted by atomic mass is 16.5. The van der Waals surface area contributed by atoms with E-state index in [1.165, 1.54) is 0 Å². The summed E-state index contributed by atoms with van der Waals surface area (Å²) in [6.45, 7) is 4.03. The Morgan fingerprint density at radius 1 is 1.14 bits per heavy atom. The van der Waals surface area contributed by atoms with Gasteiger partial charge in [0.2, 0.25) is 5.91 Å². The largest absolute Gasteiger partial charge is 0.457 e. The predicted octanol–water partition coefficient (Wildman–Crippen LogP) is 4.09. The molecule has 36 heavy (non-hydrogen) atoms. The van der Waals surface area contributed by atoms with Crippen molar-refractivity contribution in [2.24, 2.45) is 11.7 Å². The number of aryl methyl sites for hydroxylation is 1. The topological polar surface area (TPSA) is 114 Å². The fourth-order valence-electron chi connectivity index (χ4n) is 4.94. The first kappa shape index (κ1) is 27.5. The first-order valence-corrected chi connectivity index (χ1v) is 12.7. The van der Waals surface area contributed by atoms with Gasteiger partial charge in [-0.3, -0.25) is 4.79 Å². The van der Waals surface area contributed by atoms with Gasteiger partial charge in [0.15, 0.2) is 0 Å². The Morgan fingerprint density at radius 2 is 1.86 bits per heavy atom. The maximum absolute atomic E-state index is 12.9. The lowest BCUT2D eigenvalue weighted by Gasteiger charge is -2.43. The molecule has 3 rings (SSSR count). The van der Waals surface area contributed by atoms with Crippen LogP contribution >= 0.6 is 0 Å². The molecular formula is C28H39N3O5. The number of primary amides is 1. The summed E-state index contributed by atoms with van der Waals surface area (Å²) in [4.78, 5) is 25.8. The van der Waals surface area contributed by atoms with Gasteiger partial charge >= 0.3 is 6.09 Å². The molecule has 0 bridgehead atoms. The lowest BCUT2D eigenvalue weighted by molar-refractivity contribution is -0.137. The zero-order chi connectivity index (χ0) is 26.0. The van der Waals surface area contributed by atoms with Crippen LogP contribution in [0, 0.1) is 12.8 Å². The van der Waals surface area contributed by atoms with Crippen molar-refractivity contribution in [2.75, 3.05) is 33.3 Å². The molecule has 1 fully saturated rings. The fraction of sp³-hybridized carbons (Fsp3) is 0.500. The Bertz CT molecular complexity index is 1010. The van der Waals surface area contributed by atoms with Crippen LogP contribution in [0.15, 0.2) is 48.5 Å².